The van der Waals surface area contributed by atoms with Crippen LogP contribution in [-0.2, 0) is 0 Å². The van der Waals surface area contributed by atoms with Gasteiger partial charge in [0.25, 0.3) is 0 Å². The van der Waals surface area contributed by atoms with Gasteiger partial charge in [-0.1, -0.05) is 18.9 Å². The van der Waals surface area contributed by atoms with E-state index in [1.54, 1.807) is 18.2 Å². The molecule has 1 unspecified atom stereocenters. The first-order valence-corrected chi connectivity index (χ1v) is 6.42. The molecule has 0 bridgehead atoms. The van der Waals surface area contributed by atoms with E-state index in [1.807, 2.05) is 6.92 Å². The molecule has 0 spiro atoms. The van der Waals surface area contributed by atoms with Crippen molar-refractivity contribution in [1.29, 1.82) is 0 Å². The van der Waals surface area contributed by atoms with Crippen LogP contribution in [0.25, 0.3) is 0 Å². The van der Waals surface area contributed by atoms with E-state index in [0.29, 0.717) is 5.56 Å². The Bertz CT molecular complexity index is 352. The van der Waals surface area contributed by atoms with Gasteiger partial charge in [-0.05, 0) is 44.4 Å². The average molecular weight is 235 g/mol. The van der Waals surface area contributed by atoms with Gasteiger partial charge in [-0.3, -0.25) is 0 Å². The Morgan fingerprint density at radius 2 is 1.82 bits per heavy atom. The minimum absolute atomic E-state index is 0.0169. The lowest BCUT2D eigenvalue weighted by Gasteiger charge is -2.19. The van der Waals surface area contributed by atoms with Crippen molar-refractivity contribution in [3.63, 3.8) is 0 Å². The summed E-state index contributed by atoms with van der Waals surface area (Å²) in [7, 11) is 0. The standard InChI is InChI=1S/C14H21NO2/c1-10(15-9-11-5-2-3-6-11)14-12(16)7-4-8-13(14)17/h4,7-8,10-11,15-17H,2-3,5-6,9H2,1H3. The number of nitrogens with one attached hydrogen (secondary N) is 1. The number of hydrogen-bond donors (Lipinski definition) is 3. The molecule has 3 heteroatoms. The highest BCUT2D eigenvalue weighted by Crippen LogP contribution is 2.32. The van der Waals surface area contributed by atoms with Crippen LogP contribution >= 0.6 is 0 Å². The lowest BCUT2D eigenvalue weighted by atomic mass is 10.0. The maximum atomic E-state index is 9.75. The second-order valence-corrected chi connectivity index (χ2v) is 4.99. The van der Waals surface area contributed by atoms with E-state index in [9.17, 15) is 10.2 Å². The number of phenolic OH excluding ortho intramolecular Hbond substituents is 2. The molecule has 1 fully saturated rings. The van der Waals surface area contributed by atoms with Crippen molar-refractivity contribution in [2.75, 3.05) is 6.54 Å². The van der Waals surface area contributed by atoms with E-state index < -0.39 is 0 Å². The molecule has 0 aromatic heterocycles. The summed E-state index contributed by atoms with van der Waals surface area (Å²) >= 11 is 0. The highest BCUT2D eigenvalue weighted by atomic mass is 16.3. The summed E-state index contributed by atoms with van der Waals surface area (Å²) in [6, 6.07) is 4.86. The molecule has 94 valence electrons. The molecule has 0 radical (unpaired) electrons. The third kappa shape index (κ3) is 2.91. The number of rotatable bonds is 4. The summed E-state index contributed by atoms with van der Waals surface area (Å²) in [6.45, 7) is 2.94. The summed E-state index contributed by atoms with van der Waals surface area (Å²) in [5.41, 5.74) is 0.602. The van der Waals surface area contributed by atoms with Gasteiger partial charge in [-0.25, -0.2) is 0 Å². The summed E-state index contributed by atoms with van der Waals surface area (Å²) < 4.78 is 0. The zero-order valence-corrected chi connectivity index (χ0v) is 10.3. The molecule has 1 atom stereocenters. The molecule has 3 nitrogen and oxygen atoms in total. The Kier molecular flexibility index (Phi) is 3.89. The zero-order valence-electron chi connectivity index (χ0n) is 10.3. The lowest BCUT2D eigenvalue weighted by molar-refractivity contribution is 0.402. The van der Waals surface area contributed by atoms with Crippen molar-refractivity contribution in [3.8, 4) is 11.5 Å². The molecule has 0 saturated heterocycles. The predicted octanol–water partition coefficient (Wildman–Crippen LogP) is 2.94. The smallest absolute Gasteiger partial charge is 0.124 e. The first-order valence-electron chi connectivity index (χ1n) is 6.42. The van der Waals surface area contributed by atoms with Crippen LogP contribution in [-0.4, -0.2) is 16.8 Å². The van der Waals surface area contributed by atoms with E-state index in [-0.39, 0.29) is 17.5 Å². The van der Waals surface area contributed by atoms with Crippen LogP contribution in [0.3, 0.4) is 0 Å². The first-order chi connectivity index (χ1) is 8.18. The van der Waals surface area contributed by atoms with Crippen molar-refractivity contribution in [2.45, 2.75) is 38.6 Å². The van der Waals surface area contributed by atoms with Crippen LogP contribution in [0.4, 0.5) is 0 Å². The van der Waals surface area contributed by atoms with E-state index in [4.69, 9.17) is 0 Å². The SMILES string of the molecule is CC(NCC1CCCC1)c1c(O)cccc1O. The molecule has 0 aliphatic heterocycles. The van der Waals surface area contributed by atoms with E-state index in [0.717, 1.165) is 12.5 Å². The van der Waals surface area contributed by atoms with Crippen LogP contribution in [0.15, 0.2) is 18.2 Å². The molecule has 1 aliphatic carbocycles. The fourth-order valence-electron chi connectivity index (χ4n) is 2.64. The van der Waals surface area contributed by atoms with Gasteiger partial charge in [0.15, 0.2) is 0 Å². The predicted molar refractivity (Wildman–Crippen MR) is 68.1 cm³/mol. The second kappa shape index (κ2) is 5.41. The Morgan fingerprint density at radius 1 is 1.24 bits per heavy atom. The van der Waals surface area contributed by atoms with Gasteiger partial charge < -0.3 is 15.5 Å². The monoisotopic (exact) mass is 235 g/mol. The fourth-order valence-corrected chi connectivity index (χ4v) is 2.64. The van der Waals surface area contributed by atoms with Gasteiger partial charge in [0.2, 0.25) is 0 Å². The highest BCUT2D eigenvalue weighted by molar-refractivity contribution is 5.44. The van der Waals surface area contributed by atoms with Gasteiger partial charge in [0.1, 0.15) is 11.5 Å². The number of benzene rings is 1. The summed E-state index contributed by atoms with van der Waals surface area (Å²) in [6.07, 6.45) is 5.27. The Labute approximate surface area is 102 Å². The normalized spacial score (nSPS) is 18.4. The minimum Gasteiger partial charge on any atom is -0.507 e. The molecule has 17 heavy (non-hydrogen) atoms. The molecule has 3 N–H and O–H groups in total. The molecule has 1 aromatic carbocycles. The van der Waals surface area contributed by atoms with Crippen LogP contribution < -0.4 is 5.32 Å². The number of aromatic hydroxyl groups is 2. The summed E-state index contributed by atoms with van der Waals surface area (Å²) in [5, 5.41) is 22.9. The maximum Gasteiger partial charge on any atom is 0.124 e. The number of hydrogen-bond acceptors (Lipinski definition) is 3. The molecule has 2 rings (SSSR count). The maximum absolute atomic E-state index is 9.75. The van der Waals surface area contributed by atoms with Crippen molar-refractivity contribution >= 4 is 0 Å². The molecule has 1 aliphatic rings. The molecular formula is C14H21NO2. The van der Waals surface area contributed by atoms with Crippen molar-refractivity contribution in [2.24, 2.45) is 5.92 Å². The van der Waals surface area contributed by atoms with Gasteiger partial charge in [0.05, 0.1) is 5.56 Å². The average Bonchev–Trinajstić information content (AvgIpc) is 2.79. The van der Waals surface area contributed by atoms with Gasteiger partial charge in [-0.2, -0.15) is 0 Å². The molecule has 0 amide bonds. The summed E-state index contributed by atoms with van der Waals surface area (Å²) in [5.74, 6) is 1.08. The highest BCUT2D eigenvalue weighted by Gasteiger charge is 2.18. The van der Waals surface area contributed by atoms with Gasteiger partial charge in [0, 0.05) is 6.04 Å². The van der Waals surface area contributed by atoms with Crippen LogP contribution in [0.1, 0.15) is 44.2 Å². The molecule has 1 saturated carbocycles. The summed E-state index contributed by atoms with van der Waals surface area (Å²) in [4.78, 5) is 0. The van der Waals surface area contributed by atoms with E-state index in [2.05, 4.69) is 5.32 Å². The van der Waals surface area contributed by atoms with Crippen molar-refractivity contribution < 1.29 is 10.2 Å². The second-order valence-electron chi connectivity index (χ2n) is 4.99. The Balaban J connectivity index is 1.96. The Hall–Kier alpha value is -1.22. The van der Waals surface area contributed by atoms with Crippen LogP contribution in [0, 0.1) is 5.92 Å². The molecule has 1 aromatic rings. The molecular weight excluding hydrogens is 214 g/mol. The number of phenols is 2. The first kappa shape index (κ1) is 12.2. The largest absolute Gasteiger partial charge is 0.507 e. The van der Waals surface area contributed by atoms with E-state index >= 15 is 0 Å². The zero-order chi connectivity index (χ0) is 12.3. The lowest BCUT2D eigenvalue weighted by Crippen LogP contribution is -2.24. The topological polar surface area (TPSA) is 52.5 Å². The Morgan fingerprint density at radius 3 is 2.41 bits per heavy atom. The molecule has 0 heterocycles. The fraction of sp³-hybridized carbons (Fsp3) is 0.571. The van der Waals surface area contributed by atoms with Crippen molar-refractivity contribution in [1.82, 2.24) is 5.32 Å². The van der Waals surface area contributed by atoms with E-state index in [1.165, 1.54) is 25.7 Å². The van der Waals surface area contributed by atoms with Crippen LogP contribution in [0.2, 0.25) is 0 Å². The quantitative estimate of drug-likeness (QED) is 0.752. The van der Waals surface area contributed by atoms with Crippen LogP contribution in [0.5, 0.6) is 11.5 Å². The third-order valence-corrected chi connectivity index (χ3v) is 3.68. The minimum atomic E-state index is -0.0169. The third-order valence-electron chi connectivity index (χ3n) is 3.68. The van der Waals surface area contributed by atoms with Crippen molar-refractivity contribution in [3.05, 3.63) is 23.8 Å². The van der Waals surface area contributed by atoms with Gasteiger partial charge >= 0.3 is 0 Å². The van der Waals surface area contributed by atoms with Gasteiger partial charge in [-0.15, -0.1) is 0 Å².